The van der Waals surface area contributed by atoms with Gasteiger partial charge in [-0.2, -0.15) is 0 Å². The number of nitrogens with zero attached hydrogens (tertiary/aromatic N) is 1. The lowest BCUT2D eigenvalue weighted by atomic mass is 9.95. The van der Waals surface area contributed by atoms with E-state index in [2.05, 4.69) is 4.98 Å². The van der Waals surface area contributed by atoms with E-state index in [-0.39, 0.29) is 18.1 Å². The van der Waals surface area contributed by atoms with Gasteiger partial charge in [-0.25, -0.2) is 0 Å². The van der Waals surface area contributed by atoms with Crippen LogP contribution in [0.5, 0.6) is 5.75 Å². The van der Waals surface area contributed by atoms with Crippen LogP contribution in [0.1, 0.15) is 11.1 Å². The summed E-state index contributed by atoms with van der Waals surface area (Å²) in [5.41, 5.74) is 4.35. The van der Waals surface area contributed by atoms with Crippen molar-refractivity contribution in [2.24, 2.45) is 0 Å². The zero-order chi connectivity index (χ0) is 16.4. The Labute approximate surface area is 134 Å². The lowest BCUT2D eigenvalue weighted by Gasteiger charge is -2.11. The predicted molar refractivity (Wildman–Crippen MR) is 89.3 cm³/mol. The summed E-state index contributed by atoms with van der Waals surface area (Å²) >= 11 is 0. The molecular formula is C19H17NO3. The van der Waals surface area contributed by atoms with Gasteiger partial charge in [-0.3, -0.25) is 9.78 Å². The lowest BCUT2D eigenvalue weighted by Crippen LogP contribution is -2.04. The zero-order valence-electron chi connectivity index (χ0n) is 13.0. The van der Waals surface area contributed by atoms with Gasteiger partial charge in [-0.15, -0.1) is 0 Å². The fourth-order valence-electron chi connectivity index (χ4n) is 2.70. The number of ether oxygens (including phenoxy) is 1. The van der Waals surface area contributed by atoms with Crippen molar-refractivity contribution in [3.63, 3.8) is 0 Å². The third-order valence-corrected chi connectivity index (χ3v) is 3.90. The van der Waals surface area contributed by atoms with Gasteiger partial charge in [-0.05, 0) is 41.8 Å². The van der Waals surface area contributed by atoms with Crippen molar-refractivity contribution in [1.82, 2.24) is 4.98 Å². The number of carbonyl (C=O) groups excluding carboxylic acids is 1. The molecule has 0 unspecified atom stereocenters. The number of hydrogen-bond acceptors (Lipinski definition) is 4. The van der Waals surface area contributed by atoms with Crippen LogP contribution in [0, 0.1) is 6.92 Å². The molecule has 1 N–H and O–H groups in total. The number of fused-ring (bicyclic) bond motifs is 1. The summed E-state index contributed by atoms with van der Waals surface area (Å²) in [6, 6.07) is 13.0. The van der Waals surface area contributed by atoms with Crippen molar-refractivity contribution in [3.8, 4) is 16.9 Å². The number of pyridine rings is 1. The van der Waals surface area contributed by atoms with Gasteiger partial charge < -0.3 is 9.84 Å². The first-order valence-corrected chi connectivity index (χ1v) is 7.33. The van der Waals surface area contributed by atoms with E-state index in [4.69, 9.17) is 4.74 Å². The fourth-order valence-corrected chi connectivity index (χ4v) is 2.70. The summed E-state index contributed by atoms with van der Waals surface area (Å²) in [7, 11) is 1.36. The van der Waals surface area contributed by atoms with E-state index in [1.807, 2.05) is 37.3 Å². The highest BCUT2D eigenvalue weighted by molar-refractivity contribution is 5.97. The maximum Gasteiger partial charge on any atom is 0.309 e. The quantitative estimate of drug-likeness (QED) is 0.751. The van der Waals surface area contributed by atoms with Crippen LogP contribution in [0.2, 0.25) is 0 Å². The van der Waals surface area contributed by atoms with E-state index in [1.165, 1.54) is 7.11 Å². The number of aromatic hydroxyl groups is 1. The van der Waals surface area contributed by atoms with Gasteiger partial charge in [0.25, 0.3) is 0 Å². The first kappa shape index (κ1) is 15.0. The number of hydrogen-bond donors (Lipinski definition) is 1. The highest BCUT2D eigenvalue weighted by atomic mass is 16.5. The highest BCUT2D eigenvalue weighted by Crippen LogP contribution is 2.35. The third kappa shape index (κ3) is 2.88. The Bertz CT molecular complexity index is 887. The summed E-state index contributed by atoms with van der Waals surface area (Å²) in [5.74, 6) is -0.135. The monoisotopic (exact) mass is 307 g/mol. The predicted octanol–water partition coefficient (Wildman–Crippen LogP) is 3.63. The van der Waals surface area contributed by atoms with Gasteiger partial charge in [0, 0.05) is 17.1 Å². The second-order valence-electron chi connectivity index (χ2n) is 5.43. The molecule has 1 heterocycles. The van der Waals surface area contributed by atoms with Crippen LogP contribution in [0.25, 0.3) is 22.0 Å². The molecule has 116 valence electrons. The molecule has 23 heavy (non-hydrogen) atoms. The second kappa shape index (κ2) is 6.08. The van der Waals surface area contributed by atoms with Crippen molar-refractivity contribution in [3.05, 3.63) is 59.8 Å². The highest BCUT2D eigenvalue weighted by Gasteiger charge is 2.12. The van der Waals surface area contributed by atoms with E-state index in [9.17, 15) is 9.90 Å². The molecule has 0 bridgehead atoms. The molecule has 0 spiro atoms. The SMILES string of the molecule is COC(=O)Cc1ccc(O)c(-c2ccc(C)c3ncccc23)c1. The number of rotatable bonds is 3. The number of benzene rings is 2. The number of carbonyl (C=O) groups is 1. The molecule has 3 aromatic rings. The van der Waals surface area contributed by atoms with Crippen molar-refractivity contribution in [2.75, 3.05) is 7.11 Å². The molecule has 4 heteroatoms. The Balaban J connectivity index is 2.17. The van der Waals surface area contributed by atoms with Gasteiger partial charge in [0.1, 0.15) is 5.75 Å². The molecule has 0 radical (unpaired) electrons. The third-order valence-electron chi connectivity index (χ3n) is 3.90. The Hall–Kier alpha value is -2.88. The molecule has 3 rings (SSSR count). The number of esters is 1. The fraction of sp³-hybridized carbons (Fsp3) is 0.158. The molecule has 0 aliphatic carbocycles. The normalized spacial score (nSPS) is 10.7. The minimum atomic E-state index is -0.308. The largest absolute Gasteiger partial charge is 0.507 e. The summed E-state index contributed by atoms with van der Waals surface area (Å²) < 4.78 is 4.70. The average molecular weight is 307 g/mol. The molecule has 2 aromatic carbocycles. The van der Waals surface area contributed by atoms with E-state index in [1.54, 1.807) is 18.3 Å². The van der Waals surface area contributed by atoms with Gasteiger partial charge in [0.15, 0.2) is 0 Å². The number of aromatic nitrogens is 1. The van der Waals surface area contributed by atoms with E-state index >= 15 is 0 Å². The number of phenolic OH excluding ortho intramolecular Hbond substituents is 1. The Kier molecular flexibility index (Phi) is 3.98. The van der Waals surface area contributed by atoms with Crippen molar-refractivity contribution in [2.45, 2.75) is 13.3 Å². The smallest absolute Gasteiger partial charge is 0.309 e. The Morgan fingerprint density at radius 2 is 2.00 bits per heavy atom. The van der Waals surface area contributed by atoms with Crippen LogP contribution < -0.4 is 0 Å². The molecule has 0 aliphatic rings. The van der Waals surface area contributed by atoms with Crippen LogP contribution in [-0.2, 0) is 16.0 Å². The molecule has 0 saturated heterocycles. The summed E-state index contributed by atoms with van der Waals surface area (Å²) in [6.07, 6.45) is 1.93. The first-order valence-electron chi connectivity index (χ1n) is 7.33. The lowest BCUT2D eigenvalue weighted by molar-refractivity contribution is -0.139. The Morgan fingerprint density at radius 3 is 2.78 bits per heavy atom. The maximum absolute atomic E-state index is 11.5. The molecule has 0 fully saturated rings. The molecule has 0 atom stereocenters. The van der Waals surface area contributed by atoms with Crippen molar-refractivity contribution in [1.29, 1.82) is 0 Å². The summed E-state index contributed by atoms with van der Waals surface area (Å²) in [5, 5.41) is 11.2. The van der Waals surface area contributed by atoms with Crippen molar-refractivity contribution >= 4 is 16.9 Å². The first-order chi connectivity index (χ1) is 11.1. The maximum atomic E-state index is 11.5. The van der Waals surface area contributed by atoms with Crippen molar-refractivity contribution < 1.29 is 14.6 Å². The van der Waals surface area contributed by atoms with Gasteiger partial charge >= 0.3 is 5.97 Å². The van der Waals surface area contributed by atoms with Gasteiger partial charge in [0.2, 0.25) is 0 Å². The number of phenols is 1. The number of methoxy groups -OCH3 is 1. The van der Waals surface area contributed by atoms with Crippen LogP contribution in [0.3, 0.4) is 0 Å². The topological polar surface area (TPSA) is 59.4 Å². The van der Waals surface area contributed by atoms with Crippen LogP contribution in [0.4, 0.5) is 0 Å². The van der Waals surface area contributed by atoms with Crippen LogP contribution in [0.15, 0.2) is 48.7 Å². The minimum absolute atomic E-state index is 0.172. The van der Waals surface area contributed by atoms with E-state index in [0.29, 0.717) is 5.56 Å². The average Bonchev–Trinajstić information content (AvgIpc) is 2.57. The molecular weight excluding hydrogens is 290 g/mol. The minimum Gasteiger partial charge on any atom is -0.507 e. The molecule has 0 saturated carbocycles. The molecule has 0 amide bonds. The number of aryl methyl sites for hydroxylation is 1. The summed E-state index contributed by atoms with van der Waals surface area (Å²) in [4.78, 5) is 15.9. The second-order valence-corrected chi connectivity index (χ2v) is 5.43. The zero-order valence-corrected chi connectivity index (χ0v) is 13.0. The molecule has 0 aliphatic heterocycles. The molecule has 1 aromatic heterocycles. The standard InChI is InChI=1S/C19H17NO3/c1-12-5-7-14(15-4-3-9-20-19(12)15)16-10-13(6-8-17(16)21)11-18(22)23-2/h3-10,21H,11H2,1-2H3. The van der Waals surface area contributed by atoms with Crippen LogP contribution >= 0.6 is 0 Å². The van der Waals surface area contributed by atoms with Gasteiger partial charge in [0.05, 0.1) is 19.0 Å². The summed E-state index contributed by atoms with van der Waals surface area (Å²) in [6.45, 7) is 2.01. The van der Waals surface area contributed by atoms with Crippen LogP contribution in [-0.4, -0.2) is 23.2 Å². The van der Waals surface area contributed by atoms with E-state index < -0.39 is 0 Å². The van der Waals surface area contributed by atoms with E-state index in [0.717, 1.165) is 27.6 Å². The van der Waals surface area contributed by atoms with Gasteiger partial charge in [-0.1, -0.05) is 24.3 Å². The molecule has 4 nitrogen and oxygen atoms in total. The Morgan fingerprint density at radius 1 is 1.17 bits per heavy atom.